The summed E-state index contributed by atoms with van der Waals surface area (Å²) in [6.45, 7) is 6.05. The molecule has 2 N–H and O–H groups in total. The van der Waals surface area contributed by atoms with Crippen molar-refractivity contribution in [1.29, 1.82) is 5.26 Å². The Balaban J connectivity index is 1.78. The van der Waals surface area contributed by atoms with Crippen molar-refractivity contribution in [2.75, 3.05) is 18.5 Å². The largest absolute Gasteiger partial charge is 0.479 e. The number of rotatable bonds is 7. The molecule has 1 aromatic rings. The molecule has 1 fully saturated rings. The summed E-state index contributed by atoms with van der Waals surface area (Å²) in [6.07, 6.45) is 3.73. The summed E-state index contributed by atoms with van der Waals surface area (Å²) in [7, 11) is -3.29. The van der Waals surface area contributed by atoms with E-state index in [1.54, 1.807) is 20.8 Å². The van der Waals surface area contributed by atoms with E-state index in [0.29, 0.717) is 11.7 Å². The Morgan fingerprint density at radius 2 is 1.92 bits per heavy atom. The van der Waals surface area contributed by atoms with Crippen LogP contribution in [-0.4, -0.2) is 32.4 Å². The predicted octanol–water partition coefficient (Wildman–Crippen LogP) is 3.28. The zero-order valence-corrected chi connectivity index (χ0v) is 16.6. The van der Waals surface area contributed by atoms with Crippen molar-refractivity contribution in [3.63, 3.8) is 0 Å². The zero-order valence-electron chi connectivity index (χ0n) is 15.8. The van der Waals surface area contributed by atoms with Crippen LogP contribution in [-0.2, 0) is 10.0 Å². The van der Waals surface area contributed by atoms with Gasteiger partial charge in [-0.15, -0.1) is 0 Å². The minimum atomic E-state index is -3.29. The van der Waals surface area contributed by atoms with Crippen LogP contribution in [0.3, 0.4) is 0 Å². The van der Waals surface area contributed by atoms with E-state index in [4.69, 9.17) is 10.00 Å². The third-order valence-electron chi connectivity index (χ3n) is 4.71. The molecule has 1 aromatic carbocycles. The third-order valence-corrected chi connectivity index (χ3v) is 6.96. The Morgan fingerprint density at radius 1 is 1.23 bits per heavy atom. The van der Waals surface area contributed by atoms with Crippen LogP contribution in [0.15, 0.2) is 24.3 Å². The second kappa shape index (κ2) is 8.74. The SMILES string of the molecule is CC(C)(C)S(=O)(=O)N[C@H]1CC[C@H](CNc2cccc(OCC#N)c2)CC1. The lowest BCUT2D eigenvalue weighted by molar-refractivity contribution is 0.322. The first kappa shape index (κ1) is 20.5. The van der Waals surface area contributed by atoms with Crippen molar-refractivity contribution in [2.45, 2.75) is 57.2 Å². The van der Waals surface area contributed by atoms with Crippen molar-refractivity contribution in [2.24, 2.45) is 5.92 Å². The first-order valence-corrected chi connectivity index (χ1v) is 10.5. The van der Waals surface area contributed by atoms with Gasteiger partial charge in [0.15, 0.2) is 6.61 Å². The number of benzene rings is 1. The Hall–Kier alpha value is -1.78. The lowest BCUT2D eigenvalue weighted by Crippen LogP contribution is -2.46. The van der Waals surface area contributed by atoms with Crippen molar-refractivity contribution < 1.29 is 13.2 Å². The molecule has 7 heteroatoms. The number of hydrogen-bond acceptors (Lipinski definition) is 5. The minimum absolute atomic E-state index is 0.0396. The molecule has 1 aliphatic carbocycles. The minimum Gasteiger partial charge on any atom is -0.479 e. The number of anilines is 1. The van der Waals surface area contributed by atoms with Gasteiger partial charge in [-0.05, 0) is 64.5 Å². The summed E-state index contributed by atoms with van der Waals surface area (Å²) in [5.74, 6) is 1.20. The second-order valence-electron chi connectivity index (χ2n) is 7.81. The molecule has 0 atom stereocenters. The number of hydrogen-bond donors (Lipinski definition) is 2. The smallest absolute Gasteiger partial charge is 0.216 e. The van der Waals surface area contributed by atoms with Crippen LogP contribution in [0.1, 0.15) is 46.5 Å². The van der Waals surface area contributed by atoms with E-state index in [0.717, 1.165) is 37.9 Å². The first-order valence-electron chi connectivity index (χ1n) is 9.07. The molecule has 1 saturated carbocycles. The van der Waals surface area contributed by atoms with Crippen molar-refractivity contribution in [3.8, 4) is 11.8 Å². The average Bonchev–Trinajstić information content (AvgIpc) is 2.58. The summed E-state index contributed by atoms with van der Waals surface area (Å²) >= 11 is 0. The number of nitrogens with one attached hydrogen (secondary N) is 2. The predicted molar refractivity (Wildman–Crippen MR) is 104 cm³/mol. The summed E-state index contributed by atoms with van der Waals surface area (Å²) in [6, 6.07) is 9.59. The van der Waals surface area contributed by atoms with Gasteiger partial charge in [-0.1, -0.05) is 6.07 Å². The van der Waals surface area contributed by atoms with E-state index >= 15 is 0 Å². The lowest BCUT2D eigenvalue weighted by atomic mass is 9.86. The van der Waals surface area contributed by atoms with Crippen molar-refractivity contribution >= 4 is 15.7 Å². The van der Waals surface area contributed by atoms with Gasteiger partial charge >= 0.3 is 0 Å². The average molecular weight is 380 g/mol. The van der Waals surface area contributed by atoms with Crippen LogP contribution in [0.2, 0.25) is 0 Å². The number of nitriles is 1. The molecule has 0 spiro atoms. The molecule has 0 aliphatic heterocycles. The van der Waals surface area contributed by atoms with Crippen LogP contribution in [0.25, 0.3) is 0 Å². The standard InChI is InChI=1S/C19H29N3O3S/c1-19(2,3)26(23,24)22-16-9-7-15(8-10-16)14-21-17-5-4-6-18(13-17)25-12-11-20/h4-6,13,15-16,21-22H,7-10,12,14H2,1-3H3/t15-,16-. The van der Waals surface area contributed by atoms with E-state index in [1.807, 2.05) is 30.3 Å². The maximum Gasteiger partial charge on any atom is 0.216 e. The van der Waals surface area contributed by atoms with Gasteiger partial charge in [0.25, 0.3) is 0 Å². The van der Waals surface area contributed by atoms with Gasteiger partial charge in [-0.3, -0.25) is 0 Å². The quantitative estimate of drug-likeness (QED) is 0.759. The fourth-order valence-corrected chi connectivity index (χ4v) is 3.98. The van der Waals surface area contributed by atoms with Gasteiger partial charge in [-0.2, -0.15) is 5.26 Å². The normalized spacial score (nSPS) is 21.0. The molecule has 0 aromatic heterocycles. The Morgan fingerprint density at radius 3 is 2.54 bits per heavy atom. The molecule has 26 heavy (non-hydrogen) atoms. The van der Waals surface area contributed by atoms with Gasteiger partial charge in [0.2, 0.25) is 10.0 Å². The van der Waals surface area contributed by atoms with Gasteiger partial charge in [0, 0.05) is 24.3 Å². The van der Waals surface area contributed by atoms with E-state index in [9.17, 15) is 8.42 Å². The van der Waals surface area contributed by atoms with E-state index in [-0.39, 0.29) is 12.6 Å². The fourth-order valence-electron chi connectivity index (χ4n) is 2.95. The number of sulfonamides is 1. The molecule has 6 nitrogen and oxygen atoms in total. The molecule has 0 radical (unpaired) electrons. The Kier molecular flexibility index (Phi) is 6.90. The molecule has 144 valence electrons. The first-order chi connectivity index (χ1) is 12.2. The highest BCUT2D eigenvalue weighted by atomic mass is 32.2. The van der Waals surface area contributed by atoms with Crippen LogP contribution < -0.4 is 14.8 Å². The lowest BCUT2D eigenvalue weighted by Gasteiger charge is -2.31. The van der Waals surface area contributed by atoms with Crippen LogP contribution in [0.5, 0.6) is 5.75 Å². The zero-order chi connectivity index (χ0) is 19.2. The topological polar surface area (TPSA) is 91.2 Å². The molecular formula is C19H29N3O3S. The van der Waals surface area contributed by atoms with Crippen LogP contribution >= 0.6 is 0 Å². The maximum atomic E-state index is 12.3. The molecule has 0 saturated heterocycles. The molecule has 0 amide bonds. The van der Waals surface area contributed by atoms with Crippen LogP contribution in [0.4, 0.5) is 5.69 Å². The number of nitrogens with zero attached hydrogens (tertiary/aromatic N) is 1. The molecule has 0 heterocycles. The van der Waals surface area contributed by atoms with Crippen LogP contribution in [0, 0.1) is 17.2 Å². The third kappa shape index (κ3) is 5.89. The fraction of sp³-hybridized carbons (Fsp3) is 0.632. The van der Waals surface area contributed by atoms with Gasteiger partial charge in [0.05, 0.1) is 4.75 Å². The highest BCUT2D eigenvalue weighted by Gasteiger charge is 2.32. The van der Waals surface area contributed by atoms with E-state index in [1.165, 1.54) is 0 Å². The summed E-state index contributed by atoms with van der Waals surface area (Å²) < 4.78 is 31.9. The summed E-state index contributed by atoms with van der Waals surface area (Å²) in [4.78, 5) is 0. The molecule has 0 unspecified atom stereocenters. The van der Waals surface area contributed by atoms with E-state index < -0.39 is 14.8 Å². The summed E-state index contributed by atoms with van der Waals surface area (Å²) in [5.41, 5.74) is 0.969. The molecule has 1 aliphatic rings. The summed E-state index contributed by atoms with van der Waals surface area (Å²) in [5, 5.41) is 12.0. The van der Waals surface area contributed by atoms with Crippen molar-refractivity contribution in [1.82, 2.24) is 4.72 Å². The van der Waals surface area contributed by atoms with Gasteiger partial charge in [0.1, 0.15) is 11.8 Å². The highest BCUT2D eigenvalue weighted by molar-refractivity contribution is 7.90. The molecule has 0 bridgehead atoms. The molecular weight excluding hydrogens is 350 g/mol. The highest BCUT2D eigenvalue weighted by Crippen LogP contribution is 2.27. The van der Waals surface area contributed by atoms with E-state index in [2.05, 4.69) is 10.0 Å². The maximum absolute atomic E-state index is 12.3. The van der Waals surface area contributed by atoms with Gasteiger partial charge < -0.3 is 10.1 Å². The Bertz CT molecular complexity index is 727. The number of ether oxygens (including phenoxy) is 1. The Labute approximate surface area is 157 Å². The molecule has 2 rings (SSSR count). The monoisotopic (exact) mass is 379 g/mol. The van der Waals surface area contributed by atoms with Crippen molar-refractivity contribution in [3.05, 3.63) is 24.3 Å². The van der Waals surface area contributed by atoms with Gasteiger partial charge in [-0.25, -0.2) is 13.1 Å². The second-order valence-corrected chi connectivity index (χ2v) is 10.3.